The van der Waals surface area contributed by atoms with E-state index in [-0.39, 0.29) is 12.1 Å². The van der Waals surface area contributed by atoms with Crippen LogP contribution < -0.4 is 4.90 Å². The van der Waals surface area contributed by atoms with Crippen molar-refractivity contribution in [2.75, 3.05) is 18.0 Å². The summed E-state index contributed by atoms with van der Waals surface area (Å²) in [5.74, 6) is -1.07. The average molecular weight is 245 g/mol. The maximum absolute atomic E-state index is 12.3. The van der Waals surface area contributed by atoms with Gasteiger partial charge in [-0.3, -0.25) is 0 Å². The van der Waals surface area contributed by atoms with Crippen molar-refractivity contribution in [3.8, 4) is 0 Å². The second-order valence-corrected chi connectivity index (χ2v) is 3.94. The highest BCUT2D eigenvalue weighted by Gasteiger charge is 2.33. The number of carboxylic acids is 1. The molecule has 92 valence electrons. The van der Waals surface area contributed by atoms with Crippen LogP contribution in [0.2, 0.25) is 0 Å². The Morgan fingerprint density at radius 2 is 2.12 bits per heavy atom. The van der Waals surface area contributed by atoms with E-state index >= 15 is 0 Å². The maximum Gasteiger partial charge on any atom is 0.405 e. The first-order valence-electron chi connectivity index (χ1n) is 5.05. The predicted molar refractivity (Wildman–Crippen MR) is 55.4 cm³/mol. The molecule has 0 bridgehead atoms. The van der Waals surface area contributed by atoms with Gasteiger partial charge >= 0.3 is 12.1 Å². The summed E-state index contributed by atoms with van der Waals surface area (Å²) in [6.45, 7) is -0.718. The topological polar surface area (TPSA) is 40.5 Å². The monoisotopic (exact) mass is 245 g/mol. The van der Waals surface area contributed by atoms with Gasteiger partial charge in [-0.1, -0.05) is 0 Å². The van der Waals surface area contributed by atoms with Crippen LogP contribution in [0.1, 0.15) is 15.9 Å². The third-order valence-corrected chi connectivity index (χ3v) is 2.69. The van der Waals surface area contributed by atoms with Crippen molar-refractivity contribution >= 4 is 11.7 Å². The Hall–Kier alpha value is -1.72. The van der Waals surface area contributed by atoms with Gasteiger partial charge in [-0.2, -0.15) is 13.2 Å². The number of hydrogen-bond donors (Lipinski definition) is 1. The number of aromatic carboxylic acids is 1. The molecular formula is C11H10F3NO2. The van der Waals surface area contributed by atoms with Crippen molar-refractivity contribution in [2.24, 2.45) is 0 Å². The number of fused-ring (bicyclic) bond motifs is 1. The molecule has 1 heterocycles. The third kappa shape index (κ3) is 2.51. The minimum absolute atomic E-state index is 0.109. The molecule has 1 aliphatic rings. The molecule has 0 atom stereocenters. The zero-order chi connectivity index (χ0) is 12.6. The number of rotatable bonds is 2. The molecule has 6 heteroatoms. The number of nitrogens with zero attached hydrogens (tertiary/aromatic N) is 1. The van der Waals surface area contributed by atoms with Crippen molar-refractivity contribution < 1.29 is 23.1 Å². The second kappa shape index (κ2) is 3.94. The molecule has 0 aromatic heterocycles. The van der Waals surface area contributed by atoms with E-state index in [0.29, 0.717) is 17.7 Å². The molecule has 1 aromatic rings. The summed E-state index contributed by atoms with van der Waals surface area (Å²) in [4.78, 5) is 11.9. The lowest BCUT2D eigenvalue weighted by Crippen LogP contribution is -2.32. The van der Waals surface area contributed by atoms with Crippen molar-refractivity contribution in [1.29, 1.82) is 0 Å². The first-order chi connectivity index (χ1) is 7.87. The van der Waals surface area contributed by atoms with Crippen molar-refractivity contribution in [3.63, 3.8) is 0 Å². The minimum Gasteiger partial charge on any atom is -0.478 e. The molecule has 0 saturated carbocycles. The van der Waals surface area contributed by atoms with Gasteiger partial charge in [0.2, 0.25) is 0 Å². The summed E-state index contributed by atoms with van der Waals surface area (Å²) >= 11 is 0. The highest BCUT2D eigenvalue weighted by molar-refractivity contribution is 5.88. The van der Waals surface area contributed by atoms with Crippen LogP contribution >= 0.6 is 0 Å². The third-order valence-electron chi connectivity index (χ3n) is 2.69. The number of hydrogen-bond acceptors (Lipinski definition) is 2. The second-order valence-electron chi connectivity index (χ2n) is 3.94. The van der Waals surface area contributed by atoms with E-state index in [9.17, 15) is 18.0 Å². The molecule has 0 radical (unpaired) electrons. The molecule has 1 N–H and O–H groups in total. The van der Waals surface area contributed by atoms with Crippen LogP contribution in [0, 0.1) is 0 Å². The van der Waals surface area contributed by atoms with Gasteiger partial charge in [0.1, 0.15) is 6.54 Å². The van der Waals surface area contributed by atoms with Crippen LogP contribution in [-0.4, -0.2) is 30.3 Å². The number of alkyl halides is 3. The fourth-order valence-corrected chi connectivity index (χ4v) is 1.98. The zero-order valence-corrected chi connectivity index (χ0v) is 8.79. The fourth-order valence-electron chi connectivity index (χ4n) is 1.98. The lowest BCUT2D eigenvalue weighted by molar-refractivity contribution is -0.119. The number of anilines is 1. The number of halogens is 3. The van der Waals surface area contributed by atoms with E-state index < -0.39 is 18.7 Å². The van der Waals surface area contributed by atoms with E-state index in [0.717, 1.165) is 0 Å². The van der Waals surface area contributed by atoms with Crippen molar-refractivity contribution in [1.82, 2.24) is 0 Å². The van der Waals surface area contributed by atoms with Gasteiger partial charge in [0, 0.05) is 12.2 Å². The molecule has 3 nitrogen and oxygen atoms in total. The Labute approximate surface area is 95.5 Å². The van der Waals surface area contributed by atoms with Crippen LogP contribution in [-0.2, 0) is 6.42 Å². The molecule has 1 aliphatic heterocycles. The van der Waals surface area contributed by atoms with Gasteiger partial charge in [-0.05, 0) is 30.2 Å². The lowest BCUT2D eigenvalue weighted by Gasteiger charge is -2.20. The highest BCUT2D eigenvalue weighted by atomic mass is 19.4. The van der Waals surface area contributed by atoms with Gasteiger partial charge in [0.15, 0.2) is 0 Å². The number of carbonyl (C=O) groups is 1. The standard InChI is InChI=1S/C11H10F3NO2/c12-11(13,14)6-15-4-3-7-5-8(10(16)17)1-2-9(7)15/h1-2,5H,3-4,6H2,(H,16,17). The quantitative estimate of drug-likeness (QED) is 0.869. The largest absolute Gasteiger partial charge is 0.478 e. The molecule has 0 aliphatic carbocycles. The first-order valence-corrected chi connectivity index (χ1v) is 5.05. The Kier molecular flexibility index (Phi) is 2.73. The average Bonchev–Trinajstić information content (AvgIpc) is 2.58. The molecule has 1 aromatic carbocycles. The van der Waals surface area contributed by atoms with E-state index in [1.165, 1.54) is 23.1 Å². The summed E-state index contributed by atoms with van der Waals surface area (Å²) < 4.78 is 36.8. The van der Waals surface area contributed by atoms with E-state index in [4.69, 9.17) is 5.11 Å². The molecule has 0 unspecified atom stereocenters. The molecular weight excluding hydrogens is 235 g/mol. The summed E-state index contributed by atoms with van der Waals surface area (Å²) in [5.41, 5.74) is 1.25. The summed E-state index contributed by atoms with van der Waals surface area (Å²) in [5, 5.41) is 8.77. The summed E-state index contributed by atoms with van der Waals surface area (Å²) in [6, 6.07) is 4.21. The molecule has 0 amide bonds. The lowest BCUT2D eigenvalue weighted by atomic mass is 10.1. The highest BCUT2D eigenvalue weighted by Crippen LogP contribution is 2.31. The smallest absolute Gasteiger partial charge is 0.405 e. The maximum atomic E-state index is 12.3. The number of benzene rings is 1. The van der Waals surface area contributed by atoms with Crippen LogP contribution in [0.15, 0.2) is 18.2 Å². The van der Waals surface area contributed by atoms with Gasteiger partial charge in [-0.25, -0.2) is 4.79 Å². The van der Waals surface area contributed by atoms with Gasteiger partial charge in [-0.15, -0.1) is 0 Å². The molecule has 17 heavy (non-hydrogen) atoms. The van der Waals surface area contributed by atoms with Gasteiger partial charge in [0.25, 0.3) is 0 Å². The predicted octanol–water partition coefficient (Wildman–Crippen LogP) is 2.31. The van der Waals surface area contributed by atoms with Crippen LogP contribution in [0.4, 0.5) is 18.9 Å². The summed E-state index contributed by atoms with van der Waals surface area (Å²) in [7, 11) is 0. The Bertz CT molecular complexity index is 457. The van der Waals surface area contributed by atoms with Crippen molar-refractivity contribution in [2.45, 2.75) is 12.6 Å². The van der Waals surface area contributed by atoms with E-state index in [2.05, 4.69) is 0 Å². The van der Waals surface area contributed by atoms with Gasteiger partial charge in [0.05, 0.1) is 5.56 Å². The normalized spacial score (nSPS) is 14.9. The van der Waals surface area contributed by atoms with E-state index in [1.807, 2.05) is 0 Å². The SMILES string of the molecule is O=C(O)c1ccc2c(c1)CCN2CC(F)(F)F. The minimum atomic E-state index is -4.24. The fraction of sp³-hybridized carbons (Fsp3) is 0.364. The number of carboxylic acid groups (broad SMARTS) is 1. The van der Waals surface area contributed by atoms with Gasteiger partial charge < -0.3 is 10.0 Å². The molecule has 2 rings (SSSR count). The Morgan fingerprint density at radius 1 is 1.41 bits per heavy atom. The zero-order valence-electron chi connectivity index (χ0n) is 8.79. The molecule has 0 spiro atoms. The Balaban J connectivity index is 2.25. The van der Waals surface area contributed by atoms with Crippen LogP contribution in [0.3, 0.4) is 0 Å². The molecule has 0 saturated heterocycles. The van der Waals surface area contributed by atoms with Crippen LogP contribution in [0.25, 0.3) is 0 Å². The first kappa shape index (κ1) is 11.8. The van der Waals surface area contributed by atoms with Crippen LogP contribution in [0.5, 0.6) is 0 Å². The van der Waals surface area contributed by atoms with E-state index in [1.54, 1.807) is 0 Å². The Morgan fingerprint density at radius 3 is 2.71 bits per heavy atom. The molecule has 0 fully saturated rings. The summed E-state index contributed by atoms with van der Waals surface area (Å²) in [6.07, 6.45) is -3.79. The van der Waals surface area contributed by atoms with Crippen molar-refractivity contribution in [3.05, 3.63) is 29.3 Å².